The van der Waals surface area contributed by atoms with Gasteiger partial charge in [0.05, 0.1) is 32.5 Å². The first-order chi connectivity index (χ1) is 11.6. The Bertz CT molecular complexity index is 394. The molecule has 0 saturated carbocycles. The van der Waals surface area contributed by atoms with Gasteiger partial charge in [0.25, 0.3) is 0 Å². The van der Waals surface area contributed by atoms with Crippen molar-refractivity contribution < 1.29 is 14.2 Å². The van der Waals surface area contributed by atoms with Gasteiger partial charge in [-0.3, -0.25) is 9.89 Å². The molecule has 0 spiro atoms. The molecule has 2 N–H and O–H groups in total. The summed E-state index contributed by atoms with van der Waals surface area (Å²) in [4.78, 5) is 6.80. The fourth-order valence-corrected chi connectivity index (χ4v) is 3.15. The SMILES string of the molecule is CN=C(NCC(C)N1CCOCC1C)NC(C)COC1CCOC1.I. The summed E-state index contributed by atoms with van der Waals surface area (Å²) in [5.41, 5.74) is 0. The number of hydrogen-bond donors (Lipinski definition) is 2. The van der Waals surface area contributed by atoms with Gasteiger partial charge in [-0.2, -0.15) is 0 Å². The third-order valence-corrected chi connectivity index (χ3v) is 4.63. The van der Waals surface area contributed by atoms with E-state index in [0.717, 1.165) is 51.9 Å². The summed E-state index contributed by atoms with van der Waals surface area (Å²) in [6.07, 6.45) is 1.24. The maximum atomic E-state index is 5.85. The van der Waals surface area contributed by atoms with Crippen LogP contribution in [0, 0.1) is 0 Å². The molecule has 2 saturated heterocycles. The first kappa shape index (κ1) is 22.9. The molecule has 2 aliphatic heterocycles. The van der Waals surface area contributed by atoms with E-state index >= 15 is 0 Å². The summed E-state index contributed by atoms with van der Waals surface area (Å²) in [7, 11) is 1.80. The molecule has 0 aromatic rings. The number of aliphatic imine (C=N–C) groups is 1. The zero-order valence-electron chi connectivity index (χ0n) is 16.0. The van der Waals surface area contributed by atoms with Gasteiger partial charge in [0.1, 0.15) is 0 Å². The lowest BCUT2D eigenvalue weighted by atomic mass is 10.2. The van der Waals surface area contributed by atoms with Crippen molar-refractivity contribution >= 4 is 29.9 Å². The first-order valence-corrected chi connectivity index (χ1v) is 9.10. The number of hydrogen-bond acceptors (Lipinski definition) is 5. The van der Waals surface area contributed by atoms with Crippen molar-refractivity contribution in [2.24, 2.45) is 4.99 Å². The second-order valence-electron chi connectivity index (χ2n) is 6.83. The lowest BCUT2D eigenvalue weighted by Gasteiger charge is -2.38. The van der Waals surface area contributed by atoms with Gasteiger partial charge in [0, 0.05) is 44.9 Å². The van der Waals surface area contributed by atoms with E-state index in [4.69, 9.17) is 14.2 Å². The molecule has 148 valence electrons. The van der Waals surface area contributed by atoms with Crippen molar-refractivity contribution in [3.05, 3.63) is 0 Å². The molecule has 2 aliphatic rings. The topological polar surface area (TPSA) is 67.4 Å². The van der Waals surface area contributed by atoms with Crippen LogP contribution in [0.25, 0.3) is 0 Å². The van der Waals surface area contributed by atoms with Crippen LogP contribution in [0.3, 0.4) is 0 Å². The first-order valence-electron chi connectivity index (χ1n) is 9.10. The number of rotatable bonds is 7. The van der Waals surface area contributed by atoms with E-state index in [1.165, 1.54) is 0 Å². The molecule has 0 amide bonds. The van der Waals surface area contributed by atoms with Crippen molar-refractivity contribution in [2.45, 2.75) is 51.4 Å². The Balaban J connectivity index is 0.00000312. The predicted octanol–water partition coefficient (Wildman–Crippen LogP) is 1.07. The van der Waals surface area contributed by atoms with Crippen LogP contribution in [0.4, 0.5) is 0 Å². The van der Waals surface area contributed by atoms with Crippen LogP contribution in [-0.4, -0.2) is 88.3 Å². The molecule has 0 bridgehead atoms. The van der Waals surface area contributed by atoms with E-state index in [-0.39, 0.29) is 36.1 Å². The maximum absolute atomic E-state index is 5.85. The van der Waals surface area contributed by atoms with Crippen molar-refractivity contribution in [1.82, 2.24) is 15.5 Å². The van der Waals surface area contributed by atoms with Crippen LogP contribution in [0.5, 0.6) is 0 Å². The third-order valence-electron chi connectivity index (χ3n) is 4.63. The highest BCUT2D eigenvalue weighted by atomic mass is 127. The van der Waals surface area contributed by atoms with Crippen LogP contribution in [0.2, 0.25) is 0 Å². The number of morpholine rings is 1. The Kier molecular flexibility index (Phi) is 11.2. The Morgan fingerprint density at radius 2 is 2.04 bits per heavy atom. The zero-order valence-corrected chi connectivity index (χ0v) is 18.3. The summed E-state index contributed by atoms with van der Waals surface area (Å²) in [5, 5.41) is 6.81. The van der Waals surface area contributed by atoms with Crippen LogP contribution in [0.15, 0.2) is 4.99 Å². The average molecular weight is 470 g/mol. The normalized spacial score (nSPS) is 27.4. The number of nitrogens with one attached hydrogen (secondary N) is 2. The minimum Gasteiger partial charge on any atom is -0.379 e. The predicted molar refractivity (Wildman–Crippen MR) is 111 cm³/mol. The minimum atomic E-state index is 0. The highest BCUT2D eigenvalue weighted by Gasteiger charge is 2.23. The molecule has 8 heteroatoms. The van der Waals surface area contributed by atoms with E-state index in [1.807, 2.05) is 0 Å². The van der Waals surface area contributed by atoms with Gasteiger partial charge < -0.3 is 24.8 Å². The monoisotopic (exact) mass is 470 g/mol. The fraction of sp³-hybridized carbons (Fsp3) is 0.941. The summed E-state index contributed by atoms with van der Waals surface area (Å²) >= 11 is 0. The molecular formula is C17H35IN4O3. The number of halogens is 1. The largest absolute Gasteiger partial charge is 0.379 e. The van der Waals surface area contributed by atoms with E-state index in [1.54, 1.807) is 7.05 Å². The summed E-state index contributed by atoms with van der Waals surface area (Å²) < 4.78 is 16.7. The highest BCUT2D eigenvalue weighted by molar-refractivity contribution is 14.0. The smallest absolute Gasteiger partial charge is 0.191 e. The van der Waals surface area contributed by atoms with E-state index in [9.17, 15) is 0 Å². The second-order valence-corrected chi connectivity index (χ2v) is 6.83. The summed E-state index contributed by atoms with van der Waals surface area (Å²) in [6.45, 7) is 12.2. The van der Waals surface area contributed by atoms with Gasteiger partial charge in [0.15, 0.2) is 5.96 Å². The molecule has 4 atom stereocenters. The van der Waals surface area contributed by atoms with Crippen LogP contribution in [0.1, 0.15) is 27.2 Å². The Hall–Kier alpha value is -0.160. The molecule has 2 rings (SSSR count). The Labute approximate surface area is 169 Å². The molecule has 2 heterocycles. The summed E-state index contributed by atoms with van der Waals surface area (Å²) in [6, 6.07) is 1.10. The molecule has 2 fully saturated rings. The number of nitrogens with zero attached hydrogens (tertiary/aromatic N) is 2. The van der Waals surface area contributed by atoms with Gasteiger partial charge in [-0.1, -0.05) is 0 Å². The van der Waals surface area contributed by atoms with E-state index < -0.39 is 0 Å². The number of guanidine groups is 1. The van der Waals surface area contributed by atoms with Gasteiger partial charge in [-0.15, -0.1) is 24.0 Å². The molecule has 7 nitrogen and oxygen atoms in total. The molecule has 0 aromatic carbocycles. The quantitative estimate of drug-likeness (QED) is 0.330. The van der Waals surface area contributed by atoms with Crippen molar-refractivity contribution in [3.8, 4) is 0 Å². The highest BCUT2D eigenvalue weighted by Crippen LogP contribution is 2.10. The minimum absolute atomic E-state index is 0. The lowest BCUT2D eigenvalue weighted by Crippen LogP contribution is -2.53. The van der Waals surface area contributed by atoms with Crippen molar-refractivity contribution in [1.29, 1.82) is 0 Å². The average Bonchev–Trinajstić information content (AvgIpc) is 3.10. The van der Waals surface area contributed by atoms with E-state index in [2.05, 4.69) is 41.3 Å². The molecular weight excluding hydrogens is 435 g/mol. The molecule has 0 aromatic heterocycles. The van der Waals surface area contributed by atoms with Crippen molar-refractivity contribution in [2.75, 3.05) is 53.2 Å². The van der Waals surface area contributed by atoms with Crippen LogP contribution >= 0.6 is 24.0 Å². The molecule has 0 aliphatic carbocycles. The molecule has 4 unspecified atom stereocenters. The third kappa shape index (κ3) is 7.94. The maximum Gasteiger partial charge on any atom is 0.191 e. The Morgan fingerprint density at radius 1 is 1.28 bits per heavy atom. The van der Waals surface area contributed by atoms with Gasteiger partial charge in [-0.25, -0.2) is 0 Å². The zero-order chi connectivity index (χ0) is 17.4. The van der Waals surface area contributed by atoms with Crippen molar-refractivity contribution in [3.63, 3.8) is 0 Å². The van der Waals surface area contributed by atoms with Gasteiger partial charge in [0.2, 0.25) is 0 Å². The second kappa shape index (κ2) is 12.3. The molecule has 25 heavy (non-hydrogen) atoms. The summed E-state index contributed by atoms with van der Waals surface area (Å²) in [5.74, 6) is 0.821. The van der Waals surface area contributed by atoms with Crippen LogP contribution in [-0.2, 0) is 14.2 Å². The number of ether oxygens (including phenoxy) is 3. The van der Waals surface area contributed by atoms with Crippen LogP contribution < -0.4 is 10.6 Å². The molecule has 0 radical (unpaired) electrons. The lowest BCUT2D eigenvalue weighted by molar-refractivity contribution is -0.0174. The standard InChI is InChI=1S/C17H34N4O3.HI/c1-13(10-24-16-5-7-22-12-16)20-17(18-4)19-9-14(2)21-6-8-23-11-15(21)3;/h13-16H,5-12H2,1-4H3,(H2,18,19,20);1H. The van der Waals surface area contributed by atoms with Gasteiger partial charge >= 0.3 is 0 Å². The fourth-order valence-electron chi connectivity index (χ4n) is 3.15. The van der Waals surface area contributed by atoms with E-state index in [0.29, 0.717) is 18.7 Å². The Morgan fingerprint density at radius 3 is 2.68 bits per heavy atom. The van der Waals surface area contributed by atoms with Gasteiger partial charge in [-0.05, 0) is 27.2 Å².